The van der Waals surface area contributed by atoms with E-state index in [0.29, 0.717) is 16.8 Å². The fourth-order valence-corrected chi connectivity index (χ4v) is 3.06. The van der Waals surface area contributed by atoms with Gasteiger partial charge in [0.25, 0.3) is 0 Å². The van der Waals surface area contributed by atoms with Crippen LogP contribution in [0.15, 0.2) is 83.6 Å². The van der Waals surface area contributed by atoms with E-state index in [9.17, 15) is 9.59 Å². The molecule has 3 rings (SSSR count). The van der Waals surface area contributed by atoms with E-state index in [0.717, 1.165) is 11.4 Å². The molecule has 0 spiro atoms. The van der Waals surface area contributed by atoms with Crippen LogP contribution < -0.4 is 10.6 Å². The molecular formula is C22H22N2O4. The molecule has 1 atom stereocenters. The van der Waals surface area contributed by atoms with Gasteiger partial charge in [0, 0.05) is 23.5 Å². The third-order valence-corrected chi connectivity index (χ3v) is 4.43. The van der Waals surface area contributed by atoms with Crippen LogP contribution in [-0.2, 0) is 19.1 Å². The number of carbonyl (C=O) groups is 2. The predicted octanol–water partition coefficient (Wildman–Crippen LogP) is 3.51. The van der Waals surface area contributed by atoms with Crippen LogP contribution in [0.1, 0.15) is 6.42 Å². The van der Waals surface area contributed by atoms with Gasteiger partial charge in [0.1, 0.15) is 0 Å². The Balaban J connectivity index is 1.99. The number of para-hydroxylation sites is 2. The lowest BCUT2D eigenvalue weighted by molar-refractivity contribution is -0.138. The van der Waals surface area contributed by atoms with Crippen LogP contribution in [-0.4, -0.2) is 32.2 Å². The second kappa shape index (κ2) is 8.90. The van der Waals surface area contributed by atoms with E-state index in [1.807, 2.05) is 60.7 Å². The summed E-state index contributed by atoms with van der Waals surface area (Å²) in [7, 11) is 2.68. The van der Waals surface area contributed by atoms with Gasteiger partial charge in [-0.15, -0.1) is 0 Å². The Labute approximate surface area is 163 Å². The summed E-state index contributed by atoms with van der Waals surface area (Å²) in [6, 6.07) is 18.5. The highest BCUT2D eigenvalue weighted by atomic mass is 16.5. The van der Waals surface area contributed by atoms with Gasteiger partial charge in [-0.05, 0) is 30.3 Å². The van der Waals surface area contributed by atoms with Gasteiger partial charge in [0.05, 0.1) is 31.4 Å². The molecule has 1 unspecified atom stereocenters. The fraction of sp³-hybridized carbons (Fsp3) is 0.182. The molecule has 2 N–H and O–H groups in total. The van der Waals surface area contributed by atoms with E-state index in [1.165, 1.54) is 14.2 Å². The van der Waals surface area contributed by atoms with E-state index in [-0.39, 0.29) is 6.42 Å². The SMILES string of the molecule is COC(=O)C1=CC(Nc2ccccc2)=C(C(=O)OC)CC1Nc1ccccc1. The lowest BCUT2D eigenvalue weighted by Gasteiger charge is -2.28. The Kier molecular flexibility index (Phi) is 6.11. The highest BCUT2D eigenvalue weighted by Gasteiger charge is 2.31. The van der Waals surface area contributed by atoms with Gasteiger partial charge >= 0.3 is 11.9 Å². The van der Waals surface area contributed by atoms with E-state index >= 15 is 0 Å². The summed E-state index contributed by atoms with van der Waals surface area (Å²) in [5, 5.41) is 6.51. The van der Waals surface area contributed by atoms with Crippen molar-refractivity contribution >= 4 is 23.3 Å². The molecule has 0 aromatic heterocycles. The quantitative estimate of drug-likeness (QED) is 0.749. The van der Waals surface area contributed by atoms with Crippen LogP contribution in [0, 0.1) is 0 Å². The van der Waals surface area contributed by atoms with E-state index in [2.05, 4.69) is 10.6 Å². The van der Waals surface area contributed by atoms with E-state index < -0.39 is 18.0 Å². The second-order valence-corrected chi connectivity index (χ2v) is 6.23. The zero-order valence-corrected chi connectivity index (χ0v) is 15.8. The van der Waals surface area contributed by atoms with Crippen molar-refractivity contribution in [2.45, 2.75) is 12.5 Å². The van der Waals surface area contributed by atoms with Crippen LogP contribution in [0.5, 0.6) is 0 Å². The zero-order valence-electron chi connectivity index (χ0n) is 15.8. The molecule has 0 saturated heterocycles. The molecule has 0 saturated carbocycles. The van der Waals surface area contributed by atoms with Crippen LogP contribution >= 0.6 is 0 Å². The Morgan fingerprint density at radius 3 is 2.00 bits per heavy atom. The lowest BCUT2D eigenvalue weighted by atomic mass is 9.90. The summed E-state index contributed by atoms with van der Waals surface area (Å²) in [6.07, 6.45) is 1.92. The predicted molar refractivity (Wildman–Crippen MR) is 108 cm³/mol. The molecule has 0 aliphatic heterocycles. The number of ether oxygens (including phenoxy) is 2. The molecule has 0 bridgehead atoms. The van der Waals surface area contributed by atoms with Gasteiger partial charge in [-0.2, -0.15) is 0 Å². The molecule has 0 heterocycles. The summed E-state index contributed by atoms with van der Waals surface area (Å²) in [5.74, 6) is -0.900. The van der Waals surface area contributed by atoms with Gasteiger partial charge in [-0.3, -0.25) is 0 Å². The van der Waals surface area contributed by atoms with Crippen molar-refractivity contribution in [1.29, 1.82) is 0 Å². The van der Waals surface area contributed by atoms with Crippen molar-refractivity contribution in [3.05, 3.63) is 83.6 Å². The summed E-state index contributed by atoms with van der Waals surface area (Å²) in [5.41, 5.74) is 3.04. The van der Waals surface area contributed by atoms with Crippen molar-refractivity contribution in [2.24, 2.45) is 0 Å². The Hall–Kier alpha value is -3.54. The van der Waals surface area contributed by atoms with Crippen LogP contribution in [0.4, 0.5) is 11.4 Å². The second-order valence-electron chi connectivity index (χ2n) is 6.23. The molecule has 144 valence electrons. The third kappa shape index (κ3) is 4.40. The summed E-state index contributed by atoms with van der Waals surface area (Å²) in [4.78, 5) is 24.8. The van der Waals surface area contributed by atoms with Crippen LogP contribution in [0.3, 0.4) is 0 Å². The first-order valence-corrected chi connectivity index (χ1v) is 8.87. The molecule has 1 aliphatic carbocycles. The molecule has 6 heteroatoms. The molecular weight excluding hydrogens is 356 g/mol. The number of hydrogen-bond acceptors (Lipinski definition) is 6. The molecule has 2 aromatic rings. The van der Waals surface area contributed by atoms with Crippen molar-refractivity contribution in [3.63, 3.8) is 0 Å². The highest BCUT2D eigenvalue weighted by molar-refractivity contribution is 5.97. The molecule has 2 aromatic carbocycles. The van der Waals surface area contributed by atoms with Gasteiger partial charge in [-0.25, -0.2) is 9.59 Å². The number of anilines is 2. The Bertz CT molecular complexity index is 905. The smallest absolute Gasteiger partial charge is 0.335 e. The van der Waals surface area contributed by atoms with Gasteiger partial charge in [0.15, 0.2) is 0 Å². The maximum absolute atomic E-state index is 12.4. The topological polar surface area (TPSA) is 76.7 Å². The standard InChI is InChI=1S/C22H22N2O4/c1-27-21(25)17-13-20(24-16-11-7-4-8-12-16)18(22(26)28-2)14-19(17)23-15-9-5-3-6-10-15/h3-13,19,23-24H,14H2,1-2H3. The van der Waals surface area contributed by atoms with Crippen molar-refractivity contribution < 1.29 is 19.1 Å². The zero-order chi connectivity index (χ0) is 19.9. The Morgan fingerprint density at radius 1 is 0.857 bits per heavy atom. The largest absolute Gasteiger partial charge is 0.466 e. The number of benzene rings is 2. The van der Waals surface area contributed by atoms with Crippen LogP contribution in [0.2, 0.25) is 0 Å². The molecule has 0 radical (unpaired) electrons. The molecule has 28 heavy (non-hydrogen) atoms. The minimum Gasteiger partial charge on any atom is -0.466 e. The van der Waals surface area contributed by atoms with Gasteiger partial charge in [-0.1, -0.05) is 36.4 Å². The number of allylic oxidation sites excluding steroid dienone is 1. The summed E-state index contributed by atoms with van der Waals surface area (Å²) < 4.78 is 9.93. The first-order valence-electron chi connectivity index (χ1n) is 8.87. The average molecular weight is 378 g/mol. The normalized spacial score (nSPS) is 16.1. The number of methoxy groups -OCH3 is 2. The number of nitrogens with one attached hydrogen (secondary N) is 2. The first kappa shape index (κ1) is 19.2. The van der Waals surface area contributed by atoms with Crippen molar-refractivity contribution in [1.82, 2.24) is 0 Å². The molecule has 1 aliphatic rings. The van der Waals surface area contributed by atoms with Gasteiger partial charge < -0.3 is 20.1 Å². The van der Waals surface area contributed by atoms with Gasteiger partial charge in [0.2, 0.25) is 0 Å². The minimum atomic E-state index is -0.454. The fourth-order valence-electron chi connectivity index (χ4n) is 3.06. The van der Waals surface area contributed by atoms with E-state index in [4.69, 9.17) is 9.47 Å². The summed E-state index contributed by atoms with van der Waals surface area (Å²) in [6.45, 7) is 0. The minimum absolute atomic E-state index is 0.275. The van der Waals surface area contributed by atoms with Crippen molar-refractivity contribution in [2.75, 3.05) is 24.9 Å². The number of esters is 2. The number of rotatable bonds is 6. The first-order chi connectivity index (χ1) is 13.6. The number of hydrogen-bond donors (Lipinski definition) is 2. The summed E-state index contributed by atoms with van der Waals surface area (Å²) >= 11 is 0. The number of carbonyl (C=O) groups excluding carboxylic acids is 2. The third-order valence-electron chi connectivity index (χ3n) is 4.43. The molecule has 0 amide bonds. The highest BCUT2D eigenvalue weighted by Crippen LogP contribution is 2.29. The Morgan fingerprint density at radius 2 is 1.43 bits per heavy atom. The monoisotopic (exact) mass is 378 g/mol. The van der Waals surface area contributed by atoms with Crippen molar-refractivity contribution in [3.8, 4) is 0 Å². The molecule has 6 nitrogen and oxygen atoms in total. The van der Waals surface area contributed by atoms with Crippen LogP contribution in [0.25, 0.3) is 0 Å². The lowest BCUT2D eigenvalue weighted by Crippen LogP contribution is -2.33. The maximum atomic E-state index is 12.4. The maximum Gasteiger partial charge on any atom is 0.335 e. The molecule has 0 fully saturated rings. The van der Waals surface area contributed by atoms with E-state index in [1.54, 1.807) is 6.08 Å². The average Bonchev–Trinajstić information content (AvgIpc) is 2.74.